The Morgan fingerprint density at radius 1 is 1.18 bits per heavy atom. The largest absolute Gasteiger partial charge is 0.496 e. The maximum absolute atomic E-state index is 12.9. The lowest BCUT2D eigenvalue weighted by atomic mass is 10.0. The molecule has 1 saturated heterocycles. The Hall–Kier alpha value is -2.92. The molecule has 1 N–H and O–H groups in total. The van der Waals surface area contributed by atoms with Crippen LogP contribution in [0, 0.1) is 0 Å². The Morgan fingerprint density at radius 2 is 2.07 bits per heavy atom. The van der Waals surface area contributed by atoms with Gasteiger partial charge in [-0.1, -0.05) is 18.2 Å². The van der Waals surface area contributed by atoms with Crippen molar-refractivity contribution in [2.75, 3.05) is 20.2 Å². The van der Waals surface area contributed by atoms with Gasteiger partial charge in [0, 0.05) is 41.7 Å². The van der Waals surface area contributed by atoms with Gasteiger partial charge in [0.15, 0.2) is 0 Å². The molecule has 28 heavy (non-hydrogen) atoms. The summed E-state index contributed by atoms with van der Waals surface area (Å²) in [4.78, 5) is 19.7. The summed E-state index contributed by atoms with van der Waals surface area (Å²) in [5, 5.41) is 4.41. The van der Waals surface area contributed by atoms with Crippen LogP contribution in [0.1, 0.15) is 28.8 Å². The number of rotatable bonds is 3. The number of nitrogens with zero attached hydrogens (tertiary/aromatic N) is 2. The van der Waals surface area contributed by atoms with Crippen LogP contribution in [0.25, 0.3) is 22.2 Å². The van der Waals surface area contributed by atoms with Gasteiger partial charge in [-0.2, -0.15) is 0 Å². The zero-order valence-electron chi connectivity index (χ0n) is 15.9. The van der Waals surface area contributed by atoms with Crippen molar-refractivity contribution in [2.45, 2.75) is 25.4 Å². The van der Waals surface area contributed by atoms with Gasteiger partial charge in [-0.25, -0.2) is 4.98 Å². The van der Waals surface area contributed by atoms with Crippen molar-refractivity contribution < 1.29 is 9.53 Å². The van der Waals surface area contributed by atoms with Crippen LogP contribution in [-0.4, -0.2) is 42.0 Å². The number of para-hydroxylation sites is 1. The molecule has 1 unspecified atom stereocenters. The van der Waals surface area contributed by atoms with E-state index in [0.717, 1.165) is 65.0 Å². The van der Waals surface area contributed by atoms with Gasteiger partial charge in [0.1, 0.15) is 5.75 Å². The number of pyridine rings is 1. The monoisotopic (exact) mass is 373 g/mol. The van der Waals surface area contributed by atoms with Crippen LogP contribution < -0.4 is 10.1 Å². The van der Waals surface area contributed by atoms with Gasteiger partial charge in [0.2, 0.25) is 0 Å². The molecular formula is C23H23N3O2. The highest BCUT2D eigenvalue weighted by atomic mass is 16.5. The second-order valence-electron chi connectivity index (χ2n) is 7.53. The number of nitrogens with one attached hydrogen (secondary N) is 1. The van der Waals surface area contributed by atoms with E-state index < -0.39 is 0 Å². The van der Waals surface area contributed by atoms with Gasteiger partial charge >= 0.3 is 0 Å². The number of benzene rings is 2. The molecular weight excluding hydrogens is 350 g/mol. The van der Waals surface area contributed by atoms with Crippen LogP contribution in [0.5, 0.6) is 5.75 Å². The lowest BCUT2D eigenvalue weighted by Gasteiger charge is -2.31. The maximum atomic E-state index is 12.9. The zero-order chi connectivity index (χ0) is 19.1. The number of carbonyl (C=O) groups is 1. The molecule has 1 atom stereocenters. The standard InChI is InChI=1S/C23H23N3O2/c1-28-22-12-21(25-20-7-3-2-6-19(20)22)15-8-9-18-16(11-15)14-26(23(18)27)17-5-4-10-24-13-17/h2-3,6-9,11-12,17,24H,4-5,10,13-14H2,1H3. The minimum atomic E-state index is 0.152. The molecule has 0 bridgehead atoms. The normalized spacial score (nSPS) is 19.1. The van der Waals surface area contributed by atoms with Crippen molar-refractivity contribution in [1.29, 1.82) is 0 Å². The molecule has 2 aliphatic rings. The van der Waals surface area contributed by atoms with Crippen molar-refractivity contribution >= 4 is 16.8 Å². The van der Waals surface area contributed by atoms with Crippen molar-refractivity contribution in [2.24, 2.45) is 0 Å². The summed E-state index contributed by atoms with van der Waals surface area (Å²) in [6, 6.07) is 16.3. The van der Waals surface area contributed by atoms with Gasteiger partial charge < -0.3 is 15.0 Å². The van der Waals surface area contributed by atoms with E-state index in [1.165, 1.54) is 0 Å². The van der Waals surface area contributed by atoms with Crippen LogP contribution in [-0.2, 0) is 6.54 Å². The minimum Gasteiger partial charge on any atom is -0.496 e. The van der Waals surface area contributed by atoms with Crippen molar-refractivity contribution in [3.05, 3.63) is 59.7 Å². The molecule has 1 amide bonds. The van der Waals surface area contributed by atoms with Crippen LogP contribution >= 0.6 is 0 Å². The molecule has 142 valence electrons. The van der Waals surface area contributed by atoms with Gasteiger partial charge in [-0.05, 0) is 49.2 Å². The third-order valence-electron chi connectivity index (χ3n) is 5.84. The molecule has 5 nitrogen and oxygen atoms in total. The van der Waals surface area contributed by atoms with E-state index in [9.17, 15) is 4.79 Å². The number of amides is 1. The first kappa shape index (κ1) is 17.2. The Kier molecular flexibility index (Phi) is 4.24. The van der Waals surface area contributed by atoms with Gasteiger partial charge in [-0.3, -0.25) is 4.79 Å². The SMILES string of the molecule is COc1cc(-c2ccc3c(c2)CN(C2CCCNC2)C3=O)nc2ccccc12. The molecule has 5 rings (SSSR count). The Morgan fingerprint density at radius 3 is 2.89 bits per heavy atom. The first-order chi connectivity index (χ1) is 13.7. The molecule has 1 aromatic heterocycles. The summed E-state index contributed by atoms with van der Waals surface area (Å²) < 4.78 is 5.59. The molecule has 2 aromatic carbocycles. The van der Waals surface area contributed by atoms with E-state index in [0.29, 0.717) is 6.54 Å². The molecule has 1 fully saturated rings. The molecule has 0 spiro atoms. The van der Waals surface area contributed by atoms with E-state index in [1.54, 1.807) is 7.11 Å². The number of carbonyl (C=O) groups excluding carboxylic acids is 1. The van der Waals surface area contributed by atoms with Crippen LogP contribution in [0.3, 0.4) is 0 Å². The quantitative estimate of drug-likeness (QED) is 0.762. The van der Waals surface area contributed by atoms with Crippen molar-refractivity contribution in [3.63, 3.8) is 0 Å². The average Bonchev–Trinajstić information content (AvgIpc) is 3.09. The van der Waals surface area contributed by atoms with E-state index >= 15 is 0 Å². The van der Waals surface area contributed by atoms with E-state index in [2.05, 4.69) is 11.4 Å². The summed E-state index contributed by atoms with van der Waals surface area (Å²) in [5.74, 6) is 0.964. The fraction of sp³-hybridized carbons (Fsp3) is 0.304. The zero-order valence-corrected chi connectivity index (χ0v) is 15.9. The van der Waals surface area contributed by atoms with Gasteiger partial charge in [-0.15, -0.1) is 0 Å². The second kappa shape index (κ2) is 6.91. The first-order valence-electron chi connectivity index (χ1n) is 9.83. The second-order valence-corrected chi connectivity index (χ2v) is 7.53. The van der Waals surface area contributed by atoms with Gasteiger partial charge in [0.25, 0.3) is 5.91 Å². The summed E-state index contributed by atoms with van der Waals surface area (Å²) in [6.45, 7) is 2.61. The number of hydrogen-bond donors (Lipinski definition) is 1. The summed E-state index contributed by atoms with van der Waals surface area (Å²) in [7, 11) is 1.68. The lowest BCUT2D eigenvalue weighted by molar-refractivity contribution is 0.0674. The Bertz CT molecular complexity index is 1060. The predicted octanol–water partition coefficient (Wildman–Crippen LogP) is 3.62. The van der Waals surface area contributed by atoms with Crippen molar-refractivity contribution in [1.82, 2.24) is 15.2 Å². The molecule has 0 aliphatic carbocycles. The van der Waals surface area contributed by atoms with Gasteiger partial charge in [0.05, 0.1) is 18.3 Å². The summed E-state index contributed by atoms with van der Waals surface area (Å²) in [5.41, 5.74) is 4.69. The smallest absolute Gasteiger partial charge is 0.254 e. The highest BCUT2D eigenvalue weighted by Crippen LogP contribution is 2.33. The summed E-state index contributed by atoms with van der Waals surface area (Å²) >= 11 is 0. The molecule has 5 heteroatoms. The third-order valence-corrected chi connectivity index (χ3v) is 5.84. The predicted molar refractivity (Wildman–Crippen MR) is 109 cm³/mol. The van der Waals surface area contributed by atoms with E-state index in [-0.39, 0.29) is 11.9 Å². The Labute approximate surface area is 164 Å². The molecule has 2 aliphatic heterocycles. The summed E-state index contributed by atoms with van der Waals surface area (Å²) in [6.07, 6.45) is 2.19. The van der Waals surface area contributed by atoms with Crippen molar-refractivity contribution in [3.8, 4) is 17.0 Å². The molecule has 0 saturated carbocycles. The average molecular weight is 373 g/mol. The number of aromatic nitrogens is 1. The molecule has 3 heterocycles. The number of fused-ring (bicyclic) bond motifs is 2. The van der Waals surface area contributed by atoms with E-state index in [1.807, 2.05) is 47.4 Å². The molecule has 3 aromatic rings. The maximum Gasteiger partial charge on any atom is 0.254 e. The van der Waals surface area contributed by atoms with Crippen LogP contribution in [0.15, 0.2) is 48.5 Å². The first-order valence-corrected chi connectivity index (χ1v) is 9.83. The third kappa shape index (κ3) is 2.83. The fourth-order valence-corrected chi connectivity index (χ4v) is 4.36. The minimum absolute atomic E-state index is 0.152. The fourth-order valence-electron chi connectivity index (χ4n) is 4.36. The number of hydrogen-bond acceptors (Lipinski definition) is 4. The highest BCUT2D eigenvalue weighted by Gasteiger charge is 2.33. The van der Waals surface area contributed by atoms with Crippen LogP contribution in [0.4, 0.5) is 0 Å². The Balaban J connectivity index is 1.51. The highest BCUT2D eigenvalue weighted by molar-refractivity contribution is 5.99. The van der Waals surface area contributed by atoms with Crippen LogP contribution in [0.2, 0.25) is 0 Å². The topological polar surface area (TPSA) is 54.5 Å². The lowest BCUT2D eigenvalue weighted by Crippen LogP contribution is -2.46. The number of ether oxygens (including phenoxy) is 1. The molecule has 0 radical (unpaired) electrons. The van der Waals surface area contributed by atoms with E-state index in [4.69, 9.17) is 9.72 Å². The number of methoxy groups -OCH3 is 1. The number of piperidine rings is 1.